The second-order valence-electron chi connectivity index (χ2n) is 3.57. The third-order valence-corrected chi connectivity index (χ3v) is 5.38. The van der Waals surface area contributed by atoms with Crippen molar-refractivity contribution in [2.75, 3.05) is 0 Å². The minimum absolute atomic E-state index is 0.302. The van der Waals surface area contributed by atoms with Gasteiger partial charge in [0, 0.05) is 0 Å². The van der Waals surface area contributed by atoms with E-state index in [1.165, 1.54) is 12.8 Å². The number of ether oxygens (including phenoxy) is 1. The Morgan fingerprint density at radius 2 is 1.60 bits per heavy atom. The third-order valence-electron chi connectivity index (χ3n) is 3.03. The van der Waals surface area contributed by atoms with Gasteiger partial charge in [-0.3, -0.25) is 0 Å². The normalized spacial score (nSPS) is 60.6. The van der Waals surface area contributed by atoms with Gasteiger partial charge in [-0.25, -0.2) is 0 Å². The molecule has 10 heavy (non-hydrogen) atoms. The van der Waals surface area contributed by atoms with E-state index < -0.39 is 0 Å². The highest BCUT2D eigenvalue weighted by Gasteiger charge is 2.68. The summed E-state index contributed by atoms with van der Waals surface area (Å²) >= 11 is 7.38. The average Bonchev–Trinajstić information content (AvgIpc) is 2.70. The van der Waals surface area contributed by atoms with Crippen molar-refractivity contribution in [3.63, 3.8) is 0 Å². The van der Waals surface area contributed by atoms with Crippen LogP contribution in [0.5, 0.6) is 0 Å². The van der Waals surface area contributed by atoms with Crippen LogP contribution in [0.4, 0.5) is 0 Å². The maximum absolute atomic E-state index is 5.43. The molecule has 3 fully saturated rings. The molecular formula is C7H8Br2O. The van der Waals surface area contributed by atoms with E-state index in [0.29, 0.717) is 15.4 Å². The Morgan fingerprint density at radius 3 is 2.10 bits per heavy atom. The second kappa shape index (κ2) is 1.64. The SMILES string of the molecule is BrC1(Br)[C@@H]2C[C@H]3O[C@@H]3C[C@H]21. The molecule has 1 saturated heterocycles. The molecule has 0 aromatic heterocycles. The van der Waals surface area contributed by atoms with E-state index in [0.717, 1.165) is 11.8 Å². The standard InChI is InChI=1S/C7H8Br2O/c8-7(9)3-1-5-6(10-5)2-4(3)7/h3-6H,1-2H2/t3-,4-,5-,6-/m1/s1. The highest BCUT2D eigenvalue weighted by molar-refractivity contribution is 9.25. The molecule has 56 valence electrons. The molecule has 0 bridgehead atoms. The summed E-state index contributed by atoms with van der Waals surface area (Å²) in [5.41, 5.74) is 0. The van der Waals surface area contributed by atoms with Crippen molar-refractivity contribution >= 4 is 31.9 Å². The molecule has 0 amide bonds. The fourth-order valence-corrected chi connectivity index (χ4v) is 3.96. The van der Waals surface area contributed by atoms with Crippen LogP contribution in [0.25, 0.3) is 0 Å². The van der Waals surface area contributed by atoms with Crippen LogP contribution < -0.4 is 0 Å². The molecule has 0 N–H and O–H groups in total. The average molecular weight is 268 g/mol. The summed E-state index contributed by atoms with van der Waals surface area (Å²) in [5, 5.41) is 0. The van der Waals surface area contributed by atoms with Gasteiger partial charge in [0.2, 0.25) is 0 Å². The van der Waals surface area contributed by atoms with E-state index in [1.807, 2.05) is 0 Å². The van der Waals surface area contributed by atoms with Crippen LogP contribution in [0, 0.1) is 11.8 Å². The predicted molar refractivity (Wildman–Crippen MR) is 45.5 cm³/mol. The van der Waals surface area contributed by atoms with Crippen molar-refractivity contribution in [3.05, 3.63) is 0 Å². The van der Waals surface area contributed by atoms with E-state index >= 15 is 0 Å². The lowest BCUT2D eigenvalue weighted by Gasteiger charge is -1.98. The highest BCUT2D eigenvalue weighted by Crippen LogP contribution is 2.70. The zero-order chi connectivity index (χ0) is 6.93. The van der Waals surface area contributed by atoms with E-state index in [1.54, 1.807) is 0 Å². The summed E-state index contributed by atoms with van der Waals surface area (Å²) in [6.45, 7) is 0. The van der Waals surface area contributed by atoms with Crippen molar-refractivity contribution in [2.45, 2.75) is 28.3 Å². The first-order chi connectivity index (χ1) is 4.69. The van der Waals surface area contributed by atoms with Gasteiger partial charge in [0.05, 0.1) is 15.4 Å². The monoisotopic (exact) mass is 266 g/mol. The molecule has 0 spiro atoms. The topological polar surface area (TPSA) is 12.5 Å². The molecule has 0 aromatic rings. The summed E-state index contributed by atoms with van der Waals surface area (Å²) in [6, 6.07) is 0. The van der Waals surface area contributed by atoms with Gasteiger partial charge >= 0.3 is 0 Å². The van der Waals surface area contributed by atoms with Crippen molar-refractivity contribution in [1.82, 2.24) is 0 Å². The highest BCUT2D eigenvalue weighted by atomic mass is 79.9. The number of halogens is 2. The van der Waals surface area contributed by atoms with Crippen LogP contribution in [0.2, 0.25) is 0 Å². The summed E-state index contributed by atoms with van der Waals surface area (Å²) in [5.74, 6) is 1.69. The number of rotatable bonds is 0. The largest absolute Gasteiger partial charge is 0.370 e. The summed E-state index contributed by atoms with van der Waals surface area (Å²) in [7, 11) is 0. The van der Waals surface area contributed by atoms with Gasteiger partial charge in [-0.15, -0.1) is 0 Å². The molecule has 2 saturated carbocycles. The van der Waals surface area contributed by atoms with Crippen LogP contribution in [0.1, 0.15) is 12.8 Å². The van der Waals surface area contributed by atoms with E-state index in [9.17, 15) is 0 Å². The first-order valence-corrected chi connectivity index (χ1v) is 5.31. The summed E-state index contributed by atoms with van der Waals surface area (Å²) in [6.07, 6.45) is 3.79. The molecular weight excluding hydrogens is 260 g/mol. The molecule has 4 atom stereocenters. The Labute approximate surface area is 76.8 Å². The maximum atomic E-state index is 5.43. The Morgan fingerprint density at radius 1 is 1.10 bits per heavy atom. The quantitative estimate of drug-likeness (QED) is 0.485. The number of fused-ring (bicyclic) bond motifs is 2. The molecule has 0 unspecified atom stereocenters. The van der Waals surface area contributed by atoms with Crippen LogP contribution in [0.15, 0.2) is 0 Å². The molecule has 3 rings (SSSR count). The van der Waals surface area contributed by atoms with Crippen molar-refractivity contribution < 1.29 is 4.74 Å². The van der Waals surface area contributed by atoms with Crippen molar-refractivity contribution in [1.29, 1.82) is 0 Å². The van der Waals surface area contributed by atoms with Gasteiger partial charge in [-0.1, -0.05) is 31.9 Å². The zero-order valence-corrected chi connectivity index (χ0v) is 8.56. The van der Waals surface area contributed by atoms with Crippen LogP contribution in [-0.4, -0.2) is 15.4 Å². The molecule has 2 aliphatic carbocycles. The lowest BCUT2D eigenvalue weighted by molar-refractivity contribution is 0.363. The lowest BCUT2D eigenvalue weighted by Crippen LogP contribution is -2.03. The zero-order valence-electron chi connectivity index (χ0n) is 5.39. The van der Waals surface area contributed by atoms with Gasteiger partial charge in [0.15, 0.2) is 0 Å². The number of epoxide rings is 1. The second-order valence-corrected chi connectivity index (χ2v) is 7.26. The minimum Gasteiger partial charge on any atom is -0.370 e. The number of hydrogen-bond donors (Lipinski definition) is 0. The van der Waals surface area contributed by atoms with E-state index in [-0.39, 0.29) is 0 Å². The minimum atomic E-state index is 0.302. The van der Waals surface area contributed by atoms with Gasteiger partial charge in [-0.2, -0.15) is 0 Å². The lowest BCUT2D eigenvalue weighted by atomic mass is 10.0. The summed E-state index contributed by atoms with van der Waals surface area (Å²) < 4.78 is 5.73. The smallest absolute Gasteiger partial charge is 0.0870 e. The fraction of sp³-hybridized carbons (Fsp3) is 1.00. The Bertz CT molecular complexity index is 174. The molecule has 1 aliphatic heterocycles. The fourth-order valence-electron chi connectivity index (χ4n) is 2.20. The van der Waals surface area contributed by atoms with Crippen molar-refractivity contribution in [2.24, 2.45) is 11.8 Å². The molecule has 3 aliphatic rings. The number of alkyl halides is 2. The maximum Gasteiger partial charge on any atom is 0.0870 e. The van der Waals surface area contributed by atoms with Crippen molar-refractivity contribution in [3.8, 4) is 0 Å². The first kappa shape index (κ1) is 6.44. The molecule has 1 nitrogen and oxygen atoms in total. The van der Waals surface area contributed by atoms with Gasteiger partial charge in [0.1, 0.15) is 0 Å². The van der Waals surface area contributed by atoms with E-state index in [2.05, 4.69) is 31.9 Å². The molecule has 3 heteroatoms. The molecule has 0 aromatic carbocycles. The summed E-state index contributed by atoms with van der Waals surface area (Å²) in [4.78, 5) is 0. The van der Waals surface area contributed by atoms with Crippen LogP contribution in [0.3, 0.4) is 0 Å². The molecule has 0 radical (unpaired) electrons. The van der Waals surface area contributed by atoms with E-state index in [4.69, 9.17) is 4.74 Å². The van der Waals surface area contributed by atoms with Crippen LogP contribution >= 0.6 is 31.9 Å². The third kappa shape index (κ3) is 0.669. The number of hydrogen-bond acceptors (Lipinski definition) is 1. The first-order valence-electron chi connectivity index (χ1n) is 3.73. The Balaban J connectivity index is 1.83. The van der Waals surface area contributed by atoms with Gasteiger partial charge in [0.25, 0.3) is 0 Å². The van der Waals surface area contributed by atoms with Crippen LogP contribution in [-0.2, 0) is 4.74 Å². The Hall–Kier alpha value is 0.920. The molecule has 1 heterocycles. The predicted octanol–water partition coefficient (Wildman–Crippen LogP) is 2.28. The van der Waals surface area contributed by atoms with Gasteiger partial charge in [-0.05, 0) is 24.7 Å². The Kier molecular flexibility index (Phi) is 1.06. The van der Waals surface area contributed by atoms with Gasteiger partial charge < -0.3 is 4.74 Å².